The van der Waals surface area contributed by atoms with Gasteiger partial charge in [0.05, 0.1) is 30.5 Å². The van der Waals surface area contributed by atoms with Crippen molar-refractivity contribution < 1.29 is 4.39 Å². The number of pyridine rings is 1. The van der Waals surface area contributed by atoms with Crippen LogP contribution in [0, 0.1) is 5.82 Å². The first-order valence-electron chi connectivity index (χ1n) is 8.43. The molecule has 0 saturated heterocycles. The van der Waals surface area contributed by atoms with Crippen LogP contribution in [0.25, 0.3) is 33.5 Å². The van der Waals surface area contributed by atoms with Gasteiger partial charge in [0.1, 0.15) is 11.3 Å². The van der Waals surface area contributed by atoms with Crippen LogP contribution in [-0.2, 0) is 0 Å². The second kappa shape index (κ2) is 5.94. The highest BCUT2D eigenvalue weighted by molar-refractivity contribution is 5.80. The van der Waals surface area contributed by atoms with E-state index >= 15 is 0 Å². The van der Waals surface area contributed by atoms with Gasteiger partial charge in [-0.25, -0.2) is 19.3 Å². The fourth-order valence-corrected chi connectivity index (χ4v) is 3.19. The van der Waals surface area contributed by atoms with Gasteiger partial charge in [0, 0.05) is 23.3 Å². The highest BCUT2D eigenvalue weighted by Crippen LogP contribution is 2.27. The van der Waals surface area contributed by atoms with Gasteiger partial charge in [0.2, 0.25) is 0 Å². The predicted octanol–water partition coefficient (Wildman–Crippen LogP) is 3.51. The molecule has 0 amide bonds. The number of nitrogens with one attached hydrogen (secondary N) is 1. The molecule has 0 fully saturated rings. The van der Waals surface area contributed by atoms with Gasteiger partial charge in [0.25, 0.3) is 0 Å². The SMILES string of the molecule is CC(c1cc(F)c2ncccc2c1)n1cnc2ncc(-c3cn[nH]c3)nc21. The number of benzene rings is 1. The minimum Gasteiger partial charge on any atom is -0.307 e. The van der Waals surface area contributed by atoms with Crippen molar-refractivity contribution in [1.29, 1.82) is 0 Å². The molecule has 5 aromatic rings. The summed E-state index contributed by atoms with van der Waals surface area (Å²) in [6, 6.07) is 6.92. The van der Waals surface area contributed by atoms with E-state index in [4.69, 9.17) is 0 Å². The fraction of sp³-hybridized carbons (Fsp3) is 0.105. The molecule has 0 aliphatic carbocycles. The Morgan fingerprint density at radius 3 is 2.93 bits per heavy atom. The molecule has 0 aliphatic rings. The Bertz CT molecular complexity index is 1260. The minimum atomic E-state index is -0.343. The summed E-state index contributed by atoms with van der Waals surface area (Å²) in [5.41, 5.74) is 3.88. The van der Waals surface area contributed by atoms with E-state index in [2.05, 4.69) is 30.1 Å². The number of hydrogen-bond donors (Lipinski definition) is 1. The second-order valence-corrected chi connectivity index (χ2v) is 6.30. The standard InChI is InChI=1S/C19H14FN7/c1-11(13-5-12-3-2-4-21-17(12)15(20)6-13)27-10-23-18-19(27)26-16(9-22-18)14-7-24-25-8-14/h2-11H,1H3,(H,24,25). The fourth-order valence-electron chi connectivity index (χ4n) is 3.19. The number of H-pyrrole nitrogens is 1. The maximum atomic E-state index is 14.5. The zero-order valence-corrected chi connectivity index (χ0v) is 14.3. The Labute approximate surface area is 152 Å². The maximum absolute atomic E-state index is 14.5. The van der Waals surface area contributed by atoms with Crippen molar-refractivity contribution in [1.82, 2.24) is 34.7 Å². The normalized spacial score (nSPS) is 12.7. The van der Waals surface area contributed by atoms with Crippen LogP contribution in [-0.4, -0.2) is 34.7 Å². The van der Waals surface area contributed by atoms with E-state index < -0.39 is 0 Å². The van der Waals surface area contributed by atoms with Crippen LogP contribution in [0.5, 0.6) is 0 Å². The number of aromatic nitrogens is 7. The Morgan fingerprint density at radius 2 is 2.07 bits per heavy atom. The van der Waals surface area contributed by atoms with Gasteiger partial charge in [-0.2, -0.15) is 5.10 Å². The lowest BCUT2D eigenvalue weighted by atomic mass is 10.0. The number of imidazole rings is 1. The number of fused-ring (bicyclic) bond motifs is 2. The number of halogens is 1. The molecule has 1 atom stereocenters. The van der Waals surface area contributed by atoms with E-state index in [1.165, 1.54) is 6.07 Å². The third-order valence-electron chi connectivity index (χ3n) is 4.66. The van der Waals surface area contributed by atoms with Crippen LogP contribution in [0.1, 0.15) is 18.5 Å². The first-order chi connectivity index (χ1) is 13.2. The van der Waals surface area contributed by atoms with E-state index in [0.29, 0.717) is 22.5 Å². The molecule has 8 heteroatoms. The summed E-state index contributed by atoms with van der Waals surface area (Å²) in [4.78, 5) is 17.5. The summed E-state index contributed by atoms with van der Waals surface area (Å²) in [7, 11) is 0. The molecule has 1 aromatic carbocycles. The van der Waals surface area contributed by atoms with Crippen LogP contribution >= 0.6 is 0 Å². The molecular weight excluding hydrogens is 345 g/mol. The molecule has 4 heterocycles. The predicted molar refractivity (Wildman–Crippen MR) is 98.4 cm³/mol. The summed E-state index contributed by atoms with van der Waals surface area (Å²) < 4.78 is 16.4. The molecule has 4 aromatic heterocycles. The Hall–Kier alpha value is -3.68. The molecule has 27 heavy (non-hydrogen) atoms. The summed E-state index contributed by atoms with van der Waals surface area (Å²) in [6.07, 6.45) is 8.37. The monoisotopic (exact) mass is 359 g/mol. The number of aromatic amines is 1. The van der Waals surface area contributed by atoms with Gasteiger partial charge in [-0.05, 0) is 30.7 Å². The van der Waals surface area contributed by atoms with E-state index in [9.17, 15) is 4.39 Å². The van der Waals surface area contributed by atoms with E-state index in [1.807, 2.05) is 23.6 Å². The molecule has 0 spiro atoms. The lowest BCUT2D eigenvalue weighted by Gasteiger charge is -2.15. The van der Waals surface area contributed by atoms with Crippen LogP contribution in [0.2, 0.25) is 0 Å². The van der Waals surface area contributed by atoms with Crippen LogP contribution < -0.4 is 0 Å². The van der Waals surface area contributed by atoms with Gasteiger partial charge < -0.3 is 4.57 Å². The molecule has 0 radical (unpaired) electrons. The molecule has 7 nitrogen and oxygen atoms in total. The molecule has 1 N–H and O–H groups in total. The van der Waals surface area contributed by atoms with Crippen molar-refractivity contribution in [3.63, 3.8) is 0 Å². The quantitative estimate of drug-likeness (QED) is 0.533. The van der Waals surface area contributed by atoms with Crippen molar-refractivity contribution in [2.45, 2.75) is 13.0 Å². The molecular formula is C19H14FN7. The lowest BCUT2D eigenvalue weighted by Crippen LogP contribution is -2.07. The molecule has 0 bridgehead atoms. The Kier molecular flexibility index (Phi) is 3.43. The molecule has 1 unspecified atom stereocenters. The third kappa shape index (κ3) is 2.53. The van der Waals surface area contributed by atoms with Crippen molar-refractivity contribution in [2.75, 3.05) is 0 Å². The smallest absolute Gasteiger partial charge is 0.197 e. The molecule has 132 valence electrons. The van der Waals surface area contributed by atoms with Crippen molar-refractivity contribution in [2.24, 2.45) is 0 Å². The minimum absolute atomic E-state index is 0.178. The van der Waals surface area contributed by atoms with Crippen LogP contribution in [0.15, 0.2) is 55.4 Å². The van der Waals surface area contributed by atoms with E-state index in [1.54, 1.807) is 37.2 Å². The van der Waals surface area contributed by atoms with E-state index in [-0.39, 0.29) is 11.9 Å². The lowest BCUT2D eigenvalue weighted by molar-refractivity contribution is 0.616. The van der Waals surface area contributed by atoms with Gasteiger partial charge >= 0.3 is 0 Å². The number of hydrogen-bond acceptors (Lipinski definition) is 5. The molecule has 0 saturated carbocycles. The topological polar surface area (TPSA) is 85.2 Å². The number of rotatable bonds is 3. The first kappa shape index (κ1) is 15.6. The Morgan fingerprint density at radius 1 is 1.15 bits per heavy atom. The maximum Gasteiger partial charge on any atom is 0.197 e. The van der Waals surface area contributed by atoms with Gasteiger partial charge in [0.15, 0.2) is 11.3 Å². The van der Waals surface area contributed by atoms with Crippen molar-refractivity contribution in [3.05, 3.63) is 66.8 Å². The van der Waals surface area contributed by atoms with E-state index in [0.717, 1.165) is 16.5 Å². The summed E-state index contributed by atoms with van der Waals surface area (Å²) in [6.45, 7) is 1.98. The van der Waals surface area contributed by atoms with Crippen molar-refractivity contribution >= 4 is 22.2 Å². The highest BCUT2D eigenvalue weighted by Gasteiger charge is 2.17. The summed E-state index contributed by atoms with van der Waals surface area (Å²) >= 11 is 0. The second-order valence-electron chi connectivity index (χ2n) is 6.30. The van der Waals surface area contributed by atoms with Gasteiger partial charge in [-0.15, -0.1) is 0 Å². The first-order valence-corrected chi connectivity index (χ1v) is 8.43. The van der Waals surface area contributed by atoms with Crippen LogP contribution in [0.3, 0.4) is 0 Å². The van der Waals surface area contributed by atoms with Crippen LogP contribution in [0.4, 0.5) is 4.39 Å². The summed E-state index contributed by atoms with van der Waals surface area (Å²) in [5.74, 6) is -0.343. The average Bonchev–Trinajstić information content (AvgIpc) is 3.37. The third-order valence-corrected chi connectivity index (χ3v) is 4.66. The summed E-state index contributed by atoms with van der Waals surface area (Å²) in [5, 5.41) is 7.47. The van der Waals surface area contributed by atoms with Gasteiger partial charge in [-0.3, -0.25) is 10.1 Å². The van der Waals surface area contributed by atoms with Crippen molar-refractivity contribution in [3.8, 4) is 11.3 Å². The zero-order valence-electron chi connectivity index (χ0n) is 14.3. The Balaban J connectivity index is 1.63. The van der Waals surface area contributed by atoms with Gasteiger partial charge in [-0.1, -0.05) is 6.07 Å². The molecule has 0 aliphatic heterocycles. The average molecular weight is 359 g/mol. The number of nitrogens with zero attached hydrogens (tertiary/aromatic N) is 6. The zero-order chi connectivity index (χ0) is 18.4. The largest absolute Gasteiger partial charge is 0.307 e. The molecule has 5 rings (SSSR count). The highest BCUT2D eigenvalue weighted by atomic mass is 19.1.